The van der Waals surface area contributed by atoms with Crippen molar-refractivity contribution in [2.75, 3.05) is 25.6 Å². The van der Waals surface area contributed by atoms with Crippen LogP contribution in [0.1, 0.15) is 32.4 Å². The van der Waals surface area contributed by atoms with Crippen molar-refractivity contribution in [3.05, 3.63) is 54.1 Å². The van der Waals surface area contributed by atoms with Gasteiger partial charge in [-0.2, -0.15) is 5.26 Å². The molecule has 192 valence electrons. The number of aliphatic hydroxyl groups excluding tert-OH is 1. The summed E-state index contributed by atoms with van der Waals surface area (Å²) < 4.78 is 10.3. The van der Waals surface area contributed by atoms with E-state index >= 15 is 0 Å². The Morgan fingerprint density at radius 2 is 1.81 bits per heavy atom. The van der Waals surface area contributed by atoms with Crippen molar-refractivity contribution in [2.45, 2.75) is 38.5 Å². The third kappa shape index (κ3) is 7.89. The maximum absolute atomic E-state index is 13.4. The van der Waals surface area contributed by atoms with Crippen LogP contribution in [0.5, 0.6) is 11.5 Å². The summed E-state index contributed by atoms with van der Waals surface area (Å²) in [5, 5.41) is 34.2. The number of carbonyl (C=O) groups excluding carboxylic acids is 3. The van der Waals surface area contributed by atoms with Crippen LogP contribution in [0.2, 0.25) is 0 Å². The molecule has 0 fully saturated rings. The second-order valence-electron chi connectivity index (χ2n) is 8.72. The number of carbonyl (C=O) groups is 3. The minimum Gasteiger partial charge on any atom is -0.508 e. The predicted molar refractivity (Wildman–Crippen MR) is 130 cm³/mol. The molecule has 0 bridgehead atoms. The van der Waals surface area contributed by atoms with E-state index in [4.69, 9.17) is 9.47 Å². The highest BCUT2D eigenvalue weighted by Crippen LogP contribution is 2.27. The molecule has 2 atom stereocenters. The molecule has 0 aliphatic heterocycles. The summed E-state index contributed by atoms with van der Waals surface area (Å²) in [7, 11) is 1.50. The molecule has 2 rings (SSSR count). The van der Waals surface area contributed by atoms with E-state index in [9.17, 15) is 29.9 Å². The van der Waals surface area contributed by atoms with Crippen LogP contribution in [0.3, 0.4) is 0 Å². The first kappa shape index (κ1) is 27.9. The molecule has 0 radical (unpaired) electrons. The average Bonchev–Trinajstić information content (AvgIpc) is 2.81. The smallest absolute Gasteiger partial charge is 0.408 e. The highest BCUT2D eigenvalue weighted by atomic mass is 16.6. The van der Waals surface area contributed by atoms with E-state index in [-0.39, 0.29) is 11.3 Å². The third-order valence-electron chi connectivity index (χ3n) is 4.80. The van der Waals surface area contributed by atoms with Crippen LogP contribution in [0.15, 0.2) is 48.5 Å². The summed E-state index contributed by atoms with van der Waals surface area (Å²) >= 11 is 0. The van der Waals surface area contributed by atoms with Gasteiger partial charge in [0.25, 0.3) is 5.91 Å². The second-order valence-corrected chi connectivity index (χ2v) is 8.72. The van der Waals surface area contributed by atoms with Crippen molar-refractivity contribution in [1.29, 1.82) is 5.26 Å². The van der Waals surface area contributed by atoms with Gasteiger partial charge in [-0.1, -0.05) is 12.1 Å². The summed E-state index contributed by atoms with van der Waals surface area (Å²) in [6.45, 7) is 3.53. The van der Waals surface area contributed by atoms with Crippen molar-refractivity contribution < 1.29 is 34.1 Å². The number of benzene rings is 2. The van der Waals surface area contributed by atoms with Crippen molar-refractivity contribution in [2.24, 2.45) is 0 Å². The Balaban J connectivity index is 2.42. The van der Waals surface area contributed by atoms with Crippen LogP contribution in [-0.2, 0) is 14.3 Å². The molecule has 36 heavy (non-hydrogen) atoms. The lowest BCUT2D eigenvalue weighted by molar-refractivity contribution is -0.140. The second kappa shape index (κ2) is 12.4. The number of methoxy groups -OCH3 is 1. The lowest BCUT2D eigenvalue weighted by Crippen LogP contribution is -2.54. The largest absolute Gasteiger partial charge is 0.508 e. The molecule has 0 aliphatic carbocycles. The van der Waals surface area contributed by atoms with E-state index in [2.05, 4.69) is 10.6 Å². The molecule has 11 nitrogen and oxygen atoms in total. The van der Waals surface area contributed by atoms with Crippen molar-refractivity contribution >= 4 is 23.6 Å². The van der Waals surface area contributed by atoms with Crippen LogP contribution >= 0.6 is 0 Å². The van der Waals surface area contributed by atoms with Crippen LogP contribution in [0.25, 0.3) is 0 Å². The zero-order chi connectivity index (χ0) is 26.9. The number of nitrogens with one attached hydrogen (secondary N) is 2. The van der Waals surface area contributed by atoms with Gasteiger partial charge < -0.3 is 35.2 Å². The minimum atomic E-state index is -1.50. The van der Waals surface area contributed by atoms with E-state index in [0.29, 0.717) is 11.4 Å². The number of ether oxygens (including phenoxy) is 2. The van der Waals surface area contributed by atoms with Crippen LogP contribution in [0, 0.1) is 11.3 Å². The lowest BCUT2D eigenvalue weighted by atomic mass is 10.0. The third-order valence-corrected chi connectivity index (χ3v) is 4.80. The van der Waals surface area contributed by atoms with Gasteiger partial charge in [-0.25, -0.2) is 4.79 Å². The molecule has 0 aromatic heterocycles. The summed E-state index contributed by atoms with van der Waals surface area (Å²) in [6.07, 6.45) is -0.955. The Kier molecular flexibility index (Phi) is 9.64. The molecule has 11 heteroatoms. The highest BCUT2D eigenvalue weighted by molar-refractivity contribution is 5.99. The fourth-order valence-corrected chi connectivity index (χ4v) is 3.26. The molecule has 2 unspecified atom stereocenters. The number of aliphatic hydroxyl groups is 1. The number of phenols is 1. The molecule has 0 spiro atoms. The van der Waals surface area contributed by atoms with E-state index in [1.807, 2.05) is 6.07 Å². The Labute approximate surface area is 209 Å². The first-order valence-electron chi connectivity index (χ1n) is 11.0. The summed E-state index contributed by atoms with van der Waals surface area (Å²) in [5.74, 6) is -1.19. The van der Waals surface area contributed by atoms with Gasteiger partial charge >= 0.3 is 6.09 Å². The molecule has 2 aromatic carbocycles. The number of hydrogen-bond donors (Lipinski definition) is 4. The quantitative estimate of drug-likeness (QED) is 0.383. The van der Waals surface area contributed by atoms with Gasteiger partial charge in [0.15, 0.2) is 0 Å². The van der Waals surface area contributed by atoms with E-state index in [1.165, 1.54) is 31.4 Å². The van der Waals surface area contributed by atoms with Gasteiger partial charge in [0.1, 0.15) is 35.7 Å². The standard InChI is InChI=1S/C25H30N4O7/c1-25(2,3)36-24(34)28-20(15-30)23(33)29(13-12-26)21(16-6-5-7-18(31)14-16)22(32)27-17-8-10-19(35-4)11-9-17/h5-11,14,20-21,30-31H,13,15H2,1-4H3,(H,27,32)(H,28,34). The molecule has 4 N–H and O–H groups in total. The first-order chi connectivity index (χ1) is 17.0. The molecule has 3 amide bonds. The Morgan fingerprint density at radius 1 is 1.14 bits per heavy atom. The van der Waals surface area contributed by atoms with Gasteiger partial charge in [-0.05, 0) is 62.7 Å². The van der Waals surface area contributed by atoms with E-state index in [1.54, 1.807) is 45.0 Å². The van der Waals surface area contributed by atoms with Gasteiger partial charge in [0, 0.05) is 5.69 Å². The number of anilines is 1. The molecule has 0 saturated carbocycles. The van der Waals surface area contributed by atoms with Gasteiger partial charge in [-0.3, -0.25) is 9.59 Å². The fraction of sp³-hybridized carbons (Fsp3) is 0.360. The molecule has 2 aromatic rings. The summed E-state index contributed by atoms with van der Waals surface area (Å²) in [5.41, 5.74) is -0.263. The number of phenolic OH excluding ortho intramolecular Hbond substituents is 1. The zero-order valence-corrected chi connectivity index (χ0v) is 20.5. The van der Waals surface area contributed by atoms with Crippen molar-refractivity contribution in [1.82, 2.24) is 10.2 Å². The number of rotatable bonds is 9. The first-order valence-corrected chi connectivity index (χ1v) is 11.0. The Morgan fingerprint density at radius 3 is 2.33 bits per heavy atom. The molecule has 0 aliphatic rings. The number of nitrogens with zero attached hydrogens (tertiary/aromatic N) is 2. The van der Waals surface area contributed by atoms with Crippen LogP contribution in [0.4, 0.5) is 10.5 Å². The Hall–Kier alpha value is -4.30. The van der Waals surface area contributed by atoms with E-state index < -0.39 is 48.7 Å². The maximum Gasteiger partial charge on any atom is 0.408 e. The monoisotopic (exact) mass is 498 g/mol. The van der Waals surface area contributed by atoms with Crippen LogP contribution < -0.4 is 15.4 Å². The minimum absolute atomic E-state index is 0.162. The van der Waals surface area contributed by atoms with Crippen molar-refractivity contribution in [3.63, 3.8) is 0 Å². The van der Waals surface area contributed by atoms with Gasteiger partial charge in [0.2, 0.25) is 5.91 Å². The Bertz CT molecular complexity index is 1110. The number of nitriles is 1. The van der Waals surface area contributed by atoms with Crippen molar-refractivity contribution in [3.8, 4) is 17.6 Å². The number of aromatic hydroxyl groups is 1. The average molecular weight is 499 g/mol. The van der Waals surface area contributed by atoms with Crippen LogP contribution in [-0.4, -0.2) is 64.9 Å². The maximum atomic E-state index is 13.4. The SMILES string of the molecule is COc1ccc(NC(=O)C(c2cccc(O)c2)N(CC#N)C(=O)C(CO)NC(=O)OC(C)(C)C)cc1. The lowest BCUT2D eigenvalue weighted by Gasteiger charge is -2.32. The van der Waals surface area contributed by atoms with Gasteiger partial charge in [0.05, 0.1) is 19.8 Å². The normalized spacial score (nSPS) is 12.4. The summed E-state index contributed by atoms with van der Waals surface area (Å²) in [4.78, 5) is 39.9. The predicted octanol–water partition coefficient (Wildman–Crippen LogP) is 2.32. The number of alkyl carbamates (subject to hydrolysis) is 1. The molecule has 0 heterocycles. The summed E-state index contributed by atoms with van der Waals surface area (Å²) in [6, 6.07) is 11.0. The topological polar surface area (TPSA) is 161 Å². The highest BCUT2D eigenvalue weighted by Gasteiger charge is 2.36. The molecular weight excluding hydrogens is 468 g/mol. The van der Waals surface area contributed by atoms with E-state index in [0.717, 1.165) is 4.90 Å². The van der Waals surface area contributed by atoms with Gasteiger partial charge in [-0.15, -0.1) is 0 Å². The molecular formula is C25H30N4O7. The molecule has 0 saturated heterocycles. The number of hydrogen-bond acceptors (Lipinski definition) is 8. The number of amides is 3. The zero-order valence-electron chi connectivity index (χ0n) is 20.5. The fourth-order valence-electron chi connectivity index (χ4n) is 3.26.